The van der Waals surface area contributed by atoms with Crippen molar-refractivity contribution in [2.45, 2.75) is 0 Å². The van der Waals surface area contributed by atoms with E-state index in [-0.39, 0.29) is 11.3 Å². The highest BCUT2D eigenvalue weighted by molar-refractivity contribution is 9.10. The molecule has 0 aliphatic rings. The monoisotopic (exact) mass is 306 g/mol. The summed E-state index contributed by atoms with van der Waals surface area (Å²) in [6, 6.07) is 9.00. The molecule has 0 aliphatic carbocycles. The van der Waals surface area contributed by atoms with Gasteiger partial charge in [-0.05, 0) is 12.1 Å². The molecule has 0 bridgehead atoms. The summed E-state index contributed by atoms with van der Waals surface area (Å²) in [5, 5.41) is 3.89. The molecule has 0 fully saturated rings. The standard InChI is InChI=1S/C12H7BrN2O3/c13-7-3-1-6(2-4-7)9-5-8-10(12(16)17-9)11(14)18-15-8/h1-5H,14H2. The maximum atomic E-state index is 11.8. The van der Waals surface area contributed by atoms with Gasteiger partial charge in [0.1, 0.15) is 11.3 Å². The number of hydrogen-bond acceptors (Lipinski definition) is 5. The van der Waals surface area contributed by atoms with Crippen LogP contribution in [0.5, 0.6) is 0 Å². The molecule has 3 aromatic rings. The average Bonchev–Trinajstić information content (AvgIpc) is 2.72. The minimum atomic E-state index is -0.552. The number of nitrogens with zero attached hydrogens (tertiary/aromatic N) is 1. The van der Waals surface area contributed by atoms with Crippen LogP contribution in [-0.4, -0.2) is 5.16 Å². The Morgan fingerprint density at radius 1 is 1.22 bits per heavy atom. The number of anilines is 1. The van der Waals surface area contributed by atoms with Crippen molar-refractivity contribution in [3.63, 3.8) is 0 Å². The summed E-state index contributed by atoms with van der Waals surface area (Å²) in [6.07, 6.45) is 0. The van der Waals surface area contributed by atoms with E-state index in [1.807, 2.05) is 24.3 Å². The van der Waals surface area contributed by atoms with E-state index in [4.69, 9.17) is 14.7 Å². The van der Waals surface area contributed by atoms with E-state index in [0.717, 1.165) is 10.0 Å². The second kappa shape index (κ2) is 3.99. The first-order valence-corrected chi connectivity index (χ1v) is 5.89. The molecular weight excluding hydrogens is 300 g/mol. The first-order chi connectivity index (χ1) is 8.65. The van der Waals surface area contributed by atoms with Crippen LogP contribution in [0.15, 0.2) is 48.5 Å². The normalized spacial score (nSPS) is 10.9. The van der Waals surface area contributed by atoms with Gasteiger partial charge in [-0.15, -0.1) is 0 Å². The number of fused-ring (bicyclic) bond motifs is 1. The summed E-state index contributed by atoms with van der Waals surface area (Å²) in [4.78, 5) is 11.8. The van der Waals surface area contributed by atoms with E-state index in [1.54, 1.807) is 6.07 Å². The zero-order valence-corrected chi connectivity index (χ0v) is 10.6. The van der Waals surface area contributed by atoms with Crippen LogP contribution in [0, 0.1) is 0 Å². The average molecular weight is 307 g/mol. The van der Waals surface area contributed by atoms with Gasteiger partial charge in [-0.25, -0.2) is 4.79 Å². The third-order valence-corrected chi connectivity index (χ3v) is 3.08. The molecule has 90 valence electrons. The van der Waals surface area contributed by atoms with Crippen LogP contribution in [-0.2, 0) is 0 Å². The lowest BCUT2D eigenvalue weighted by Gasteiger charge is -1.99. The van der Waals surface area contributed by atoms with E-state index in [1.165, 1.54) is 0 Å². The molecular formula is C12H7BrN2O3. The number of hydrogen-bond donors (Lipinski definition) is 1. The molecule has 6 heteroatoms. The van der Waals surface area contributed by atoms with Crippen molar-refractivity contribution >= 4 is 32.7 Å². The van der Waals surface area contributed by atoms with E-state index in [0.29, 0.717) is 11.3 Å². The Morgan fingerprint density at radius 2 is 1.94 bits per heavy atom. The second-order valence-corrected chi connectivity index (χ2v) is 4.63. The third-order valence-electron chi connectivity index (χ3n) is 2.55. The third kappa shape index (κ3) is 1.70. The van der Waals surface area contributed by atoms with Crippen LogP contribution >= 0.6 is 15.9 Å². The molecule has 0 unspecified atom stereocenters. The van der Waals surface area contributed by atoms with Crippen LogP contribution in [0.25, 0.3) is 22.2 Å². The van der Waals surface area contributed by atoms with Crippen LogP contribution < -0.4 is 11.4 Å². The van der Waals surface area contributed by atoms with E-state index < -0.39 is 5.63 Å². The predicted octanol–water partition coefficient (Wildman–Crippen LogP) is 2.79. The summed E-state index contributed by atoms with van der Waals surface area (Å²) in [5.74, 6) is 0.398. The summed E-state index contributed by atoms with van der Waals surface area (Å²) in [5.41, 5.74) is 6.11. The molecule has 3 rings (SSSR count). The van der Waals surface area contributed by atoms with Crippen LogP contribution in [0.4, 0.5) is 5.88 Å². The highest BCUT2D eigenvalue weighted by atomic mass is 79.9. The first kappa shape index (κ1) is 11.0. The van der Waals surface area contributed by atoms with E-state index >= 15 is 0 Å². The van der Waals surface area contributed by atoms with Crippen molar-refractivity contribution in [1.29, 1.82) is 0 Å². The Bertz CT molecular complexity index is 774. The molecule has 0 aliphatic heterocycles. The minimum absolute atomic E-state index is 0.0268. The molecule has 2 heterocycles. The number of rotatable bonds is 1. The van der Waals surface area contributed by atoms with Crippen molar-refractivity contribution in [3.8, 4) is 11.3 Å². The first-order valence-electron chi connectivity index (χ1n) is 5.10. The molecule has 0 amide bonds. The fourth-order valence-electron chi connectivity index (χ4n) is 1.68. The molecule has 0 radical (unpaired) electrons. The molecule has 5 nitrogen and oxygen atoms in total. The lowest BCUT2D eigenvalue weighted by atomic mass is 10.1. The molecule has 0 atom stereocenters. The minimum Gasteiger partial charge on any atom is -0.422 e. The van der Waals surface area contributed by atoms with Crippen molar-refractivity contribution in [2.75, 3.05) is 5.73 Å². The highest BCUT2D eigenvalue weighted by Gasteiger charge is 2.13. The largest absolute Gasteiger partial charge is 0.422 e. The van der Waals surface area contributed by atoms with Gasteiger partial charge < -0.3 is 14.7 Å². The van der Waals surface area contributed by atoms with E-state index in [2.05, 4.69) is 21.1 Å². The molecule has 18 heavy (non-hydrogen) atoms. The van der Waals surface area contributed by atoms with E-state index in [9.17, 15) is 4.79 Å². The Morgan fingerprint density at radius 3 is 2.67 bits per heavy atom. The van der Waals surface area contributed by atoms with Crippen molar-refractivity contribution in [2.24, 2.45) is 0 Å². The lowest BCUT2D eigenvalue weighted by Crippen LogP contribution is -2.01. The van der Waals surface area contributed by atoms with Gasteiger partial charge in [0.15, 0.2) is 5.39 Å². The summed E-state index contributed by atoms with van der Waals surface area (Å²) < 4.78 is 10.9. The highest BCUT2D eigenvalue weighted by Crippen LogP contribution is 2.25. The number of halogens is 1. The van der Waals surface area contributed by atoms with Crippen molar-refractivity contribution in [1.82, 2.24) is 5.16 Å². The number of benzene rings is 1. The van der Waals surface area contributed by atoms with Crippen molar-refractivity contribution < 1.29 is 8.94 Å². The number of nitrogens with two attached hydrogens (primary N) is 1. The summed E-state index contributed by atoms with van der Waals surface area (Å²) in [6.45, 7) is 0. The maximum absolute atomic E-state index is 11.8. The van der Waals surface area contributed by atoms with Gasteiger partial charge in [-0.3, -0.25) is 0 Å². The van der Waals surface area contributed by atoms with Crippen molar-refractivity contribution in [3.05, 3.63) is 45.2 Å². The fraction of sp³-hybridized carbons (Fsp3) is 0. The molecule has 1 aromatic carbocycles. The second-order valence-electron chi connectivity index (χ2n) is 3.71. The lowest BCUT2D eigenvalue weighted by molar-refractivity contribution is 0.445. The Kier molecular flexibility index (Phi) is 2.45. The van der Waals surface area contributed by atoms with Gasteiger partial charge in [-0.2, -0.15) is 0 Å². The van der Waals surface area contributed by atoms with Gasteiger partial charge in [0.25, 0.3) is 0 Å². The van der Waals surface area contributed by atoms with Gasteiger partial charge in [-0.1, -0.05) is 33.2 Å². The SMILES string of the molecule is Nc1onc2cc(-c3ccc(Br)cc3)oc(=O)c12. The Hall–Kier alpha value is -2.08. The molecule has 0 spiro atoms. The van der Waals surface area contributed by atoms with Crippen LogP contribution in [0.2, 0.25) is 0 Å². The molecule has 2 aromatic heterocycles. The fourth-order valence-corrected chi connectivity index (χ4v) is 1.94. The zero-order valence-electron chi connectivity index (χ0n) is 9.01. The summed E-state index contributed by atoms with van der Waals surface area (Å²) >= 11 is 3.34. The van der Waals surface area contributed by atoms with Gasteiger partial charge in [0.05, 0.1) is 0 Å². The summed E-state index contributed by atoms with van der Waals surface area (Å²) in [7, 11) is 0. The maximum Gasteiger partial charge on any atom is 0.351 e. The number of nitrogen functional groups attached to an aromatic ring is 1. The number of aromatic nitrogens is 1. The molecule has 0 saturated carbocycles. The Labute approximate surface area is 109 Å². The topological polar surface area (TPSA) is 82.3 Å². The Balaban J connectivity index is 2.25. The quantitative estimate of drug-likeness (QED) is 0.747. The molecule has 0 saturated heterocycles. The smallest absolute Gasteiger partial charge is 0.351 e. The van der Waals surface area contributed by atoms with Crippen LogP contribution in [0.1, 0.15) is 0 Å². The van der Waals surface area contributed by atoms with Gasteiger partial charge >= 0.3 is 5.63 Å². The predicted molar refractivity (Wildman–Crippen MR) is 70.1 cm³/mol. The van der Waals surface area contributed by atoms with Crippen LogP contribution in [0.3, 0.4) is 0 Å². The van der Waals surface area contributed by atoms with Gasteiger partial charge in [0, 0.05) is 16.1 Å². The zero-order chi connectivity index (χ0) is 12.7. The van der Waals surface area contributed by atoms with Gasteiger partial charge in [0.2, 0.25) is 5.88 Å². The molecule has 2 N–H and O–H groups in total.